The Morgan fingerprint density at radius 3 is 2.53 bits per heavy atom. The first-order chi connectivity index (χ1) is 14.5. The summed E-state index contributed by atoms with van der Waals surface area (Å²) in [6, 6.07) is 16.8. The van der Waals surface area contributed by atoms with Gasteiger partial charge in [-0.25, -0.2) is 0 Å². The van der Waals surface area contributed by atoms with Gasteiger partial charge in [0, 0.05) is 18.9 Å². The molecule has 7 heteroatoms. The Bertz CT molecular complexity index is 861. The molecule has 4 N–H and O–H groups in total. The van der Waals surface area contributed by atoms with E-state index < -0.39 is 24.2 Å². The lowest BCUT2D eigenvalue weighted by atomic mass is 9.92. The van der Waals surface area contributed by atoms with Crippen molar-refractivity contribution in [2.45, 2.75) is 37.5 Å². The zero-order valence-corrected chi connectivity index (χ0v) is 17.4. The molecule has 0 bridgehead atoms. The predicted octanol–water partition coefficient (Wildman–Crippen LogP) is 1.73. The fourth-order valence-corrected chi connectivity index (χ4v) is 3.99. The van der Waals surface area contributed by atoms with E-state index in [-0.39, 0.29) is 30.7 Å². The van der Waals surface area contributed by atoms with Crippen molar-refractivity contribution in [2.75, 3.05) is 12.4 Å². The zero-order chi connectivity index (χ0) is 21.5. The van der Waals surface area contributed by atoms with Gasteiger partial charge in [-0.3, -0.25) is 9.59 Å². The monoisotopic (exact) mass is 430 g/mol. The third-order valence-electron chi connectivity index (χ3n) is 5.41. The fourth-order valence-electron chi connectivity index (χ4n) is 3.89. The molecule has 1 aliphatic carbocycles. The Balaban J connectivity index is 1.70. The molecule has 30 heavy (non-hydrogen) atoms. The third-order valence-corrected chi connectivity index (χ3v) is 5.65. The van der Waals surface area contributed by atoms with Gasteiger partial charge in [0.1, 0.15) is 5.88 Å². The molecular formula is C23H27ClN2O4. The molecule has 4 atom stereocenters. The Labute approximate surface area is 181 Å². The number of alkyl halides is 1. The average molecular weight is 431 g/mol. The van der Waals surface area contributed by atoms with Crippen molar-refractivity contribution in [1.82, 2.24) is 10.6 Å². The highest BCUT2D eigenvalue weighted by Crippen LogP contribution is 2.31. The van der Waals surface area contributed by atoms with Crippen molar-refractivity contribution in [3.05, 3.63) is 71.3 Å². The topological polar surface area (TPSA) is 98.7 Å². The maximum absolute atomic E-state index is 13.1. The maximum Gasteiger partial charge on any atom is 0.235 e. The van der Waals surface area contributed by atoms with Crippen LogP contribution in [0.5, 0.6) is 0 Å². The molecule has 0 fully saturated rings. The molecule has 0 radical (unpaired) electrons. The SMILES string of the molecule is O=C(CCl)NC[C@@H](O)C[C@@H](Cc1ccccc1)C(=O)N[C@H]1c2ccccc2C[C@H]1O. The highest BCUT2D eigenvalue weighted by Gasteiger charge is 2.34. The number of rotatable bonds is 9. The Kier molecular flexibility index (Phi) is 7.85. The van der Waals surface area contributed by atoms with Crippen molar-refractivity contribution < 1.29 is 19.8 Å². The minimum absolute atomic E-state index is 0.0268. The van der Waals surface area contributed by atoms with Gasteiger partial charge in [-0.05, 0) is 29.5 Å². The van der Waals surface area contributed by atoms with E-state index in [0.29, 0.717) is 12.8 Å². The van der Waals surface area contributed by atoms with Crippen molar-refractivity contribution in [1.29, 1.82) is 0 Å². The van der Waals surface area contributed by atoms with E-state index in [1.807, 2.05) is 54.6 Å². The molecule has 0 saturated heterocycles. The molecular weight excluding hydrogens is 404 g/mol. The van der Waals surface area contributed by atoms with E-state index >= 15 is 0 Å². The van der Waals surface area contributed by atoms with Gasteiger partial charge < -0.3 is 20.8 Å². The van der Waals surface area contributed by atoms with E-state index in [9.17, 15) is 19.8 Å². The van der Waals surface area contributed by atoms with Gasteiger partial charge in [0.15, 0.2) is 0 Å². The van der Waals surface area contributed by atoms with Crippen molar-refractivity contribution in [3.63, 3.8) is 0 Å². The first-order valence-corrected chi connectivity index (χ1v) is 10.6. The van der Waals surface area contributed by atoms with E-state index in [1.165, 1.54) is 0 Å². The number of amides is 2. The number of aliphatic hydroxyl groups is 2. The first kappa shape index (κ1) is 22.3. The molecule has 0 aromatic heterocycles. The standard InChI is InChI=1S/C23H27ClN2O4/c24-13-21(29)25-14-18(27)11-17(10-15-6-2-1-3-7-15)23(30)26-22-19-9-5-4-8-16(19)12-20(22)28/h1-9,17-18,20,22,27-28H,10-14H2,(H,25,29)(H,26,30)/t17-,18+,20-,22+/m1/s1. The van der Waals surface area contributed by atoms with Gasteiger partial charge in [-0.2, -0.15) is 0 Å². The van der Waals surface area contributed by atoms with Crippen LogP contribution in [-0.4, -0.2) is 46.7 Å². The number of hydrogen-bond donors (Lipinski definition) is 4. The smallest absolute Gasteiger partial charge is 0.235 e. The number of carbonyl (C=O) groups is 2. The number of fused-ring (bicyclic) bond motifs is 1. The molecule has 2 aromatic rings. The molecule has 1 aliphatic rings. The molecule has 0 aliphatic heterocycles. The summed E-state index contributed by atoms with van der Waals surface area (Å²) in [5.74, 6) is -1.30. The summed E-state index contributed by atoms with van der Waals surface area (Å²) in [5.41, 5.74) is 2.92. The molecule has 0 heterocycles. The largest absolute Gasteiger partial charge is 0.391 e. The quantitative estimate of drug-likeness (QED) is 0.455. The van der Waals surface area contributed by atoms with E-state index in [1.54, 1.807) is 0 Å². The zero-order valence-electron chi connectivity index (χ0n) is 16.6. The second-order valence-corrected chi connectivity index (χ2v) is 7.94. The number of aliphatic hydroxyl groups excluding tert-OH is 2. The van der Waals surface area contributed by atoms with Crippen LogP contribution >= 0.6 is 11.6 Å². The van der Waals surface area contributed by atoms with E-state index in [0.717, 1.165) is 16.7 Å². The molecule has 0 spiro atoms. The second-order valence-electron chi connectivity index (χ2n) is 7.67. The molecule has 6 nitrogen and oxygen atoms in total. The van der Waals surface area contributed by atoms with Crippen LogP contribution in [0, 0.1) is 5.92 Å². The minimum atomic E-state index is -0.891. The number of nitrogens with one attached hydrogen (secondary N) is 2. The van der Waals surface area contributed by atoms with Crippen molar-refractivity contribution in [2.24, 2.45) is 5.92 Å². The fraction of sp³-hybridized carbons (Fsp3) is 0.391. The van der Waals surface area contributed by atoms with Crippen LogP contribution in [0.15, 0.2) is 54.6 Å². The van der Waals surface area contributed by atoms with Gasteiger partial charge in [-0.15, -0.1) is 11.6 Å². The van der Waals surface area contributed by atoms with Crippen LogP contribution in [0.25, 0.3) is 0 Å². The van der Waals surface area contributed by atoms with Crippen LogP contribution in [-0.2, 0) is 22.4 Å². The molecule has 160 valence electrons. The van der Waals surface area contributed by atoms with Gasteiger partial charge in [0.2, 0.25) is 11.8 Å². The van der Waals surface area contributed by atoms with E-state index in [4.69, 9.17) is 11.6 Å². The summed E-state index contributed by atoms with van der Waals surface area (Å²) in [6.07, 6.45) is -0.461. The highest BCUT2D eigenvalue weighted by molar-refractivity contribution is 6.27. The van der Waals surface area contributed by atoms with Crippen LogP contribution < -0.4 is 10.6 Å². The molecule has 2 amide bonds. The first-order valence-electron chi connectivity index (χ1n) is 10.1. The summed E-state index contributed by atoms with van der Waals surface area (Å²) in [6.45, 7) is 0.0268. The van der Waals surface area contributed by atoms with Crippen LogP contribution in [0.2, 0.25) is 0 Å². The number of benzene rings is 2. The van der Waals surface area contributed by atoms with Gasteiger partial charge in [0.25, 0.3) is 0 Å². The summed E-state index contributed by atoms with van der Waals surface area (Å²) in [4.78, 5) is 24.5. The lowest BCUT2D eigenvalue weighted by Gasteiger charge is -2.24. The highest BCUT2D eigenvalue weighted by atomic mass is 35.5. The van der Waals surface area contributed by atoms with Gasteiger partial charge in [-0.1, -0.05) is 54.6 Å². The summed E-state index contributed by atoms with van der Waals surface area (Å²) in [5, 5.41) is 26.4. The molecule has 3 rings (SSSR count). The van der Waals surface area contributed by atoms with Crippen molar-refractivity contribution >= 4 is 23.4 Å². The lowest BCUT2D eigenvalue weighted by molar-refractivity contribution is -0.127. The normalized spacial score (nSPS) is 19.6. The molecule has 0 unspecified atom stereocenters. The Morgan fingerprint density at radius 1 is 1.10 bits per heavy atom. The summed E-state index contributed by atoms with van der Waals surface area (Å²) >= 11 is 5.47. The number of halogens is 1. The lowest BCUT2D eigenvalue weighted by Crippen LogP contribution is -2.41. The van der Waals surface area contributed by atoms with Gasteiger partial charge in [0.05, 0.1) is 18.2 Å². The average Bonchev–Trinajstić information content (AvgIpc) is 3.07. The minimum Gasteiger partial charge on any atom is -0.391 e. The Morgan fingerprint density at radius 2 is 1.80 bits per heavy atom. The van der Waals surface area contributed by atoms with Crippen molar-refractivity contribution in [3.8, 4) is 0 Å². The van der Waals surface area contributed by atoms with E-state index in [2.05, 4.69) is 10.6 Å². The Hall–Kier alpha value is -2.41. The van der Waals surface area contributed by atoms with Gasteiger partial charge >= 0.3 is 0 Å². The number of hydrogen-bond acceptors (Lipinski definition) is 4. The molecule has 2 aromatic carbocycles. The third kappa shape index (κ3) is 5.81. The summed E-state index contributed by atoms with van der Waals surface area (Å²) < 4.78 is 0. The van der Waals surface area contributed by atoms with Crippen LogP contribution in [0.1, 0.15) is 29.2 Å². The van der Waals surface area contributed by atoms with Crippen LogP contribution in [0.4, 0.5) is 0 Å². The second kappa shape index (κ2) is 10.6. The molecule has 0 saturated carbocycles. The van der Waals surface area contributed by atoms with Crippen LogP contribution in [0.3, 0.4) is 0 Å². The predicted molar refractivity (Wildman–Crippen MR) is 115 cm³/mol. The summed E-state index contributed by atoms with van der Waals surface area (Å²) in [7, 11) is 0. The maximum atomic E-state index is 13.1. The number of carbonyl (C=O) groups excluding carboxylic acids is 2.